The van der Waals surface area contributed by atoms with Gasteiger partial charge in [-0.05, 0) is 29.8 Å². The molecule has 0 unspecified atom stereocenters. The molecule has 1 atom stereocenters. The second-order valence-corrected chi connectivity index (χ2v) is 6.45. The maximum atomic E-state index is 12.4. The van der Waals surface area contributed by atoms with Crippen LogP contribution in [0.25, 0.3) is 11.0 Å². The molecule has 0 aliphatic heterocycles. The lowest BCUT2D eigenvalue weighted by molar-refractivity contribution is -0.117. The number of H-pyrrole nitrogens is 1. The predicted octanol–water partition coefficient (Wildman–Crippen LogP) is 3.54. The van der Waals surface area contributed by atoms with E-state index >= 15 is 0 Å². The van der Waals surface area contributed by atoms with Crippen molar-refractivity contribution in [2.24, 2.45) is 0 Å². The van der Waals surface area contributed by atoms with Crippen molar-refractivity contribution in [3.8, 4) is 12.1 Å². The lowest BCUT2D eigenvalue weighted by Crippen LogP contribution is -2.14. The minimum Gasteiger partial charge on any atom is -0.340 e. The van der Waals surface area contributed by atoms with Crippen LogP contribution in [0.2, 0.25) is 0 Å². The standard InChI is InChI=1S/C19H14N4OS/c20-9-13-5-7-14(8-6-13)11-25-12-18(24)15(10-21)19-22-16-3-1-2-4-17(16)23-19/h1-8,15H,11-12H2,(H,22,23)/t15-/m1/s1. The Morgan fingerprint density at radius 1 is 1.16 bits per heavy atom. The van der Waals surface area contributed by atoms with E-state index in [-0.39, 0.29) is 11.5 Å². The first-order chi connectivity index (χ1) is 12.2. The van der Waals surface area contributed by atoms with Gasteiger partial charge in [0.2, 0.25) is 0 Å². The number of thioether (sulfide) groups is 1. The maximum Gasteiger partial charge on any atom is 0.167 e. The molecule has 0 amide bonds. The number of fused-ring (bicyclic) bond motifs is 1. The van der Waals surface area contributed by atoms with E-state index in [1.807, 2.05) is 36.4 Å². The highest BCUT2D eigenvalue weighted by Crippen LogP contribution is 2.21. The summed E-state index contributed by atoms with van der Waals surface area (Å²) in [6, 6.07) is 18.8. The number of hydrogen-bond acceptors (Lipinski definition) is 5. The number of carbonyl (C=O) groups is 1. The van der Waals surface area contributed by atoms with Gasteiger partial charge in [-0.3, -0.25) is 4.79 Å². The molecule has 25 heavy (non-hydrogen) atoms. The molecule has 0 radical (unpaired) electrons. The first-order valence-corrected chi connectivity index (χ1v) is 8.80. The number of nitrogens with zero attached hydrogens (tertiary/aromatic N) is 3. The van der Waals surface area contributed by atoms with Gasteiger partial charge in [0.05, 0.1) is 34.5 Å². The van der Waals surface area contributed by atoms with Gasteiger partial charge in [0.25, 0.3) is 0 Å². The Labute approximate surface area is 149 Å². The van der Waals surface area contributed by atoms with E-state index in [4.69, 9.17) is 5.26 Å². The van der Waals surface area contributed by atoms with Crippen LogP contribution in [0.1, 0.15) is 22.9 Å². The molecule has 1 heterocycles. The maximum absolute atomic E-state index is 12.4. The van der Waals surface area contributed by atoms with Crippen LogP contribution in [0.5, 0.6) is 0 Å². The summed E-state index contributed by atoms with van der Waals surface area (Å²) >= 11 is 1.45. The number of aromatic amines is 1. The number of aromatic nitrogens is 2. The normalized spacial score (nSPS) is 11.6. The Hall–Kier alpha value is -3.09. The monoisotopic (exact) mass is 346 g/mol. The number of para-hydroxylation sites is 2. The third-order valence-corrected chi connectivity index (χ3v) is 4.75. The minimum absolute atomic E-state index is 0.166. The highest BCUT2D eigenvalue weighted by molar-refractivity contribution is 7.99. The topological polar surface area (TPSA) is 93.3 Å². The lowest BCUT2D eigenvalue weighted by Gasteiger charge is -2.05. The van der Waals surface area contributed by atoms with E-state index in [1.54, 1.807) is 12.1 Å². The Bertz CT molecular complexity index is 946. The van der Waals surface area contributed by atoms with Crippen LogP contribution >= 0.6 is 11.8 Å². The van der Waals surface area contributed by atoms with Crippen LogP contribution in [0, 0.1) is 22.7 Å². The number of imidazole rings is 1. The second kappa shape index (κ2) is 7.65. The molecule has 0 aliphatic rings. The second-order valence-electron chi connectivity index (χ2n) is 5.47. The summed E-state index contributed by atoms with van der Waals surface area (Å²) in [5.74, 6) is 0.221. The van der Waals surface area contributed by atoms with Crippen LogP contribution in [-0.2, 0) is 10.5 Å². The summed E-state index contributed by atoms with van der Waals surface area (Å²) in [4.78, 5) is 19.8. The molecule has 2 aromatic carbocycles. The van der Waals surface area contributed by atoms with E-state index in [0.29, 0.717) is 17.1 Å². The zero-order chi connectivity index (χ0) is 17.6. The van der Waals surface area contributed by atoms with E-state index in [0.717, 1.165) is 16.6 Å². The van der Waals surface area contributed by atoms with Crippen molar-refractivity contribution in [1.29, 1.82) is 10.5 Å². The number of carbonyl (C=O) groups excluding carboxylic acids is 1. The van der Waals surface area contributed by atoms with Gasteiger partial charge in [0.15, 0.2) is 11.7 Å². The van der Waals surface area contributed by atoms with Gasteiger partial charge in [-0.2, -0.15) is 10.5 Å². The Morgan fingerprint density at radius 3 is 2.60 bits per heavy atom. The molecular weight excluding hydrogens is 332 g/mol. The lowest BCUT2D eigenvalue weighted by atomic mass is 10.1. The fourth-order valence-electron chi connectivity index (χ4n) is 2.42. The smallest absolute Gasteiger partial charge is 0.167 e. The first-order valence-electron chi connectivity index (χ1n) is 7.65. The summed E-state index contributed by atoms with van der Waals surface area (Å²) in [6.07, 6.45) is 0. The highest BCUT2D eigenvalue weighted by Gasteiger charge is 2.23. The quantitative estimate of drug-likeness (QED) is 0.737. The first kappa shape index (κ1) is 16.8. The van der Waals surface area contributed by atoms with Crippen molar-refractivity contribution in [2.45, 2.75) is 11.7 Å². The molecule has 6 heteroatoms. The largest absolute Gasteiger partial charge is 0.340 e. The molecule has 0 saturated heterocycles. The van der Waals surface area contributed by atoms with Crippen molar-refractivity contribution in [2.75, 3.05) is 5.75 Å². The molecule has 5 nitrogen and oxygen atoms in total. The SMILES string of the molecule is N#Cc1ccc(CSCC(=O)[C@@H](C#N)c2nc3ccccc3[nH]2)cc1. The van der Waals surface area contributed by atoms with Crippen LogP contribution in [-0.4, -0.2) is 21.5 Å². The average molecular weight is 346 g/mol. The summed E-state index contributed by atoms with van der Waals surface area (Å²) in [7, 11) is 0. The van der Waals surface area contributed by atoms with Crippen molar-refractivity contribution in [3.05, 3.63) is 65.5 Å². The fourth-order valence-corrected chi connectivity index (χ4v) is 3.32. The van der Waals surface area contributed by atoms with Crippen molar-refractivity contribution in [3.63, 3.8) is 0 Å². The zero-order valence-electron chi connectivity index (χ0n) is 13.3. The zero-order valence-corrected chi connectivity index (χ0v) is 14.1. The van der Waals surface area contributed by atoms with Gasteiger partial charge in [0.1, 0.15) is 5.82 Å². The number of hydrogen-bond donors (Lipinski definition) is 1. The number of nitriles is 2. The third kappa shape index (κ3) is 3.88. The molecule has 3 rings (SSSR count). The molecule has 1 aromatic heterocycles. The molecule has 0 spiro atoms. The number of Topliss-reactive ketones (excluding diaryl/α,β-unsaturated/α-hetero) is 1. The number of rotatable bonds is 6. The van der Waals surface area contributed by atoms with E-state index in [1.165, 1.54) is 11.8 Å². The fraction of sp³-hybridized carbons (Fsp3) is 0.158. The molecular formula is C19H14N4OS. The molecule has 0 saturated carbocycles. The average Bonchev–Trinajstić information content (AvgIpc) is 3.06. The van der Waals surface area contributed by atoms with Gasteiger partial charge < -0.3 is 4.98 Å². The van der Waals surface area contributed by atoms with Crippen LogP contribution in [0.3, 0.4) is 0 Å². The summed E-state index contributed by atoms with van der Waals surface area (Å²) in [5, 5.41) is 18.2. The van der Waals surface area contributed by atoms with Gasteiger partial charge in [-0.25, -0.2) is 4.98 Å². The number of ketones is 1. The van der Waals surface area contributed by atoms with Gasteiger partial charge >= 0.3 is 0 Å². The predicted molar refractivity (Wildman–Crippen MR) is 96.8 cm³/mol. The minimum atomic E-state index is -0.888. The molecule has 1 N–H and O–H groups in total. The number of benzene rings is 2. The van der Waals surface area contributed by atoms with Crippen molar-refractivity contribution in [1.82, 2.24) is 9.97 Å². The molecule has 0 aliphatic carbocycles. The Balaban J connectivity index is 1.62. The van der Waals surface area contributed by atoms with Crippen LogP contribution in [0.4, 0.5) is 0 Å². The Kier molecular flexibility index (Phi) is 5.13. The molecule has 122 valence electrons. The van der Waals surface area contributed by atoms with Gasteiger partial charge in [-0.1, -0.05) is 24.3 Å². The molecule has 0 bridgehead atoms. The van der Waals surface area contributed by atoms with Gasteiger partial charge in [0, 0.05) is 5.75 Å². The van der Waals surface area contributed by atoms with Crippen molar-refractivity contribution >= 4 is 28.6 Å². The Morgan fingerprint density at radius 2 is 1.92 bits per heavy atom. The molecule has 3 aromatic rings. The number of nitrogens with one attached hydrogen (secondary N) is 1. The summed E-state index contributed by atoms with van der Waals surface area (Å²) in [5.41, 5.74) is 3.21. The third-order valence-electron chi connectivity index (χ3n) is 3.73. The van der Waals surface area contributed by atoms with E-state index < -0.39 is 5.92 Å². The van der Waals surface area contributed by atoms with Crippen LogP contribution in [0.15, 0.2) is 48.5 Å². The van der Waals surface area contributed by atoms with Crippen LogP contribution < -0.4 is 0 Å². The van der Waals surface area contributed by atoms with Gasteiger partial charge in [-0.15, -0.1) is 11.8 Å². The summed E-state index contributed by atoms with van der Waals surface area (Å²) in [6.45, 7) is 0. The van der Waals surface area contributed by atoms with Crippen molar-refractivity contribution < 1.29 is 4.79 Å². The van der Waals surface area contributed by atoms with E-state index in [9.17, 15) is 10.1 Å². The highest BCUT2D eigenvalue weighted by atomic mass is 32.2. The van der Waals surface area contributed by atoms with E-state index in [2.05, 4.69) is 22.1 Å². The molecule has 0 fully saturated rings. The summed E-state index contributed by atoms with van der Waals surface area (Å²) < 4.78 is 0.